The number of anilines is 1. The Balaban J connectivity index is 2.31. The van der Waals surface area contributed by atoms with Crippen molar-refractivity contribution in [2.75, 3.05) is 12.4 Å². The highest BCUT2D eigenvalue weighted by atomic mass is 79.9. The summed E-state index contributed by atoms with van der Waals surface area (Å²) in [5.41, 5.74) is 1.97. The number of halogens is 3. The molecule has 0 radical (unpaired) electrons. The third-order valence-corrected chi connectivity index (χ3v) is 4.39. The van der Waals surface area contributed by atoms with E-state index < -0.39 is 0 Å². The molecule has 0 aliphatic heterocycles. The van der Waals surface area contributed by atoms with E-state index in [0.717, 1.165) is 14.5 Å². The lowest BCUT2D eigenvalue weighted by Crippen LogP contribution is -2.14. The highest BCUT2D eigenvalue weighted by Crippen LogP contribution is 2.27. The highest BCUT2D eigenvalue weighted by molar-refractivity contribution is 9.10. The van der Waals surface area contributed by atoms with Crippen LogP contribution in [0.1, 0.15) is 15.9 Å². The summed E-state index contributed by atoms with van der Waals surface area (Å²) in [6.45, 7) is 0.392. The van der Waals surface area contributed by atoms with E-state index in [9.17, 15) is 4.79 Å². The molecule has 1 amide bonds. The van der Waals surface area contributed by atoms with Crippen LogP contribution in [0.2, 0.25) is 5.02 Å². The van der Waals surface area contributed by atoms with Gasteiger partial charge in [0.25, 0.3) is 5.91 Å². The van der Waals surface area contributed by atoms with Crippen LogP contribution in [-0.2, 0) is 11.3 Å². The number of carbonyl (C=O) groups is 1. The van der Waals surface area contributed by atoms with Crippen LogP contribution in [-0.4, -0.2) is 13.0 Å². The van der Waals surface area contributed by atoms with E-state index in [1.54, 1.807) is 25.3 Å². The minimum atomic E-state index is -0.267. The number of hydrogen-bond acceptors (Lipinski definition) is 2. The lowest BCUT2D eigenvalue weighted by Gasteiger charge is -2.13. The molecule has 0 saturated heterocycles. The smallest absolute Gasteiger partial charge is 0.257 e. The maximum absolute atomic E-state index is 12.4. The average molecular weight is 434 g/mol. The number of nitrogens with one attached hydrogen (secondary N) is 1. The molecule has 110 valence electrons. The Labute approximate surface area is 144 Å². The molecule has 0 unspecified atom stereocenters. The fourth-order valence-corrected chi connectivity index (χ4v) is 2.87. The number of amides is 1. The number of rotatable bonds is 4. The quantitative estimate of drug-likeness (QED) is 0.714. The summed E-state index contributed by atoms with van der Waals surface area (Å²) in [5, 5.41) is 3.27. The van der Waals surface area contributed by atoms with Crippen molar-refractivity contribution in [3.63, 3.8) is 0 Å². The van der Waals surface area contributed by atoms with Gasteiger partial charge in [0.1, 0.15) is 0 Å². The van der Waals surface area contributed by atoms with E-state index in [1.807, 2.05) is 18.2 Å². The lowest BCUT2D eigenvalue weighted by molar-refractivity contribution is 0.102. The van der Waals surface area contributed by atoms with Crippen LogP contribution in [0.25, 0.3) is 0 Å². The second-order valence-electron chi connectivity index (χ2n) is 4.28. The molecule has 21 heavy (non-hydrogen) atoms. The van der Waals surface area contributed by atoms with Gasteiger partial charge in [0, 0.05) is 27.3 Å². The second-order valence-corrected chi connectivity index (χ2v) is 6.45. The SMILES string of the molecule is COCc1c(Br)cccc1NC(=O)c1cc(Br)ccc1Cl. The van der Waals surface area contributed by atoms with E-state index in [0.29, 0.717) is 22.9 Å². The molecule has 0 heterocycles. The van der Waals surface area contributed by atoms with Crippen molar-refractivity contribution in [2.45, 2.75) is 6.61 Å². The van der Waals surface area contributed by atoms with E-state index in [2.05, 4.69) is 37.2 Å². The van der Waals surface area contributed by atoms with Gasteiger partial charge >= 0.3 is 0 Å². The Kier molecular flexibility index (Phi) is 5.81. The summed E-state index contributed by atoms with van der Waals surface area (Å²) in [6, 6.07) is 10.7. The van der Waals surface area contributed by atoms with Crippen molar-refractivity contribution >= 4 is 55.1 Å². The Morgan fingerprint density at radius 1 is 1.29 bits per heavy atom. The van der Waals surface area contributed by atoms with Crippen LogP contribution in [0.15, 0.2) is 45.3 Å². The fourth-order valence-electron chi connectivity index (χ4n) is 1.83. The zero-order valence-corrected chi connectivity index (χ0v) is 15.0. The van der Waals surface area contributed by atoms with Crippen molar-refractivity contribution in [3.8, 4) is 0 Å². The van der Waals surface area contributed by atoms with Crippen LogP contribution >= 0.6 is 43.5 Å². The van der Waals surface area contributed by atoms with E-state index >= 15 is 0 Å². The first-order valence-electron chi connectivity index (χ1n) is 6.05. The molecule has 0 fully saturated rings. The first kappa shape index (κ1) is 16.5. The Morgan fingerprint density at radius 2 is 2.05 bits per heavy atom. The third-order valence-electron chi connectivity index (χ3n) is 2.83. The summed E-state index contributed by atoms with van der Waals surface area (Å²) >= 11 is 12.9. The minimum Gasteiger partial charge on any atom is -0.380 e. The first-order chi connectivity index (χ1) is 10.0. The number of hydrogen-bond donors (Lipinski definition) is 1. The van der Waals surface area contributed by atoms with Crippen LogP contribution in [0.5, 0.6) is 0 Å². The Morgan fingerprint density at radius 3 is 2.76 bits per heavy atom. The molecule has 0 atom stereocenters. The highest BCUT2D eigenvalue weighted by Gasteiger charge is 2.14. The number of ether oxygens (including phenoxy) is 1. The normalized spacial score (nSPS) is 10.5. The fraction of sp³-hybridized carbons (Fsp3) is 0.133. The van der Waals surface area contributed by atoms with Crippen molar-refractivity contribution < 1.29 is 9.53 Å². The van der Waals surface area contributed by atoms with Gasteiger partial charge in [-0.05, 0) is 30.3 Å². The molecular formula is C15H12Br2ClNO2. The van der Waals surface area contributed by atoms with Gasteiger partial charge in [-0.3, -0.25) is 4.79 Å². The summed E-state index contributed by atoms with van der Waals surface area (Å²) < 4.78 is 6.84. The van der Waals surface area contributed by atoms with E-state index in [-0.39, 0.29) is 5.91 Å². The molecule has 2 rings (SSSR count). The van der Waals surface area contributed by atoms with Crippen LogP contribution in [0.4, 0.5) is 5.69 Å². The van der Waals surface area contributed by atoms with Gasteiger partial charge in [0.2, 0.25) is 0 Å². The first-order valence-corrected chi connectivity index (χ1v) is 8.02. The zero-order valence-electron chi connectivity index (χ0n) is 11.1. The second kappa shape index (κ2) is 7.40. The van der Waals surface area contributed by atoms with Gasteiger partial charge in [-0.1, -0.05) is 49.5 Å². The van der Waals surface area contributed by atoms with Crippen molar-refractivity contribution in [1.82, 2.24) is 0 Å². The van der Waals surface area contributed by atoms with Gasteiger partial charge in [-0.25, -0.2) is 0 Å². The molecule has 0 spiro atoms. The topological polar surface area (TPSA) is 38.3 Å². The van der Waals surface area contributed by atoms with Crippen LogP contribution in [0.3, 0.4) is 0 Å². The summed E-state index contributed by atoms with van der Waals surface area (Å²) in [5.74, 6) is -0.267. The Bertz CT molecular complexity index is 677. The molecule has 1 N–H and O–H groups in total. The number of benzene rings is 2. The lowest BCUT2D eigenvalue weighted by atomic mass is 10.1. The minimum absolute atomic E-state index is 0.267. The molecular weight excluding hydrogens is 421 g/mol. The van der Waals surface area contributed by atoms with Gasteiger partial charge in [0.15, 0.2) is 0 Å². The van der Waals surface area contributed by atoms with Gasteiger partial charge in [0.05, 0.1) is 17.2 Å². The van der Waals surface area contributed by atoms with E-state index in [4.69, 9.17) is 16.3 Å². The van der Waals surface area contributed by atoms with Crippen LogP contribution in [0, 0.1) is 0 Å². The molecule has 6 heteroatoms. The van der Waals surface area contributed by atoms with Crippen molar-refractivity contribution in [3.05, 3.63) is 61.5 Å². The van der Waals surface area contributed by atoms with Gasteiger partial charge in [-0.15, -0.1) is 0 Å². The Hall–Kier alpha value is -0.880. The van der Waals surface area contributed by atoms with Gasteiger partial charge in [-0.2, -0.15) is 0 Å². The van der Waals surface area contributed by atoms with Crippen molar-refractivity contribution in [2.24, 2.45) is 0 Å². The predicted molar refractivity (Wildman–Crippen MR) is 92.0 cm³/mol. The number of methoxy groups -OCH3 is 1. The molecule has 0 aliphatic carbocycles. The summed E-state index contributed by atoms with van der Waals surface area (Å²) in [7, 11) is 1.61. The molecule has 0 bridgehead atoms. The number of carbonyl (C=O) groups excluding carboxylic acids is 1. The molecule has 0 saturated carbocycles. The molecule has 0 aliphatic rings. The van der Waals surface area contributed by atoms with Crippen molar-refractivity contribution in [1.29, 1.82) is 0 Å². The largest absolute Gasteiger partial charge is 0.380 e. The molecule has 0 aromatic heterocycles. The predicted octanol–water partition coefficient (Wildman–Crippen LogP) is 5.26. The molecule has 2 aromatic rings. The van der Waals surface area contributed by atoms with Gasteiger partial charge < -0.3 is 10.1 Å². The monoisotopic (exact) mass is 431 g/mol. The van der Waals surface area contributed by atoms with Crippen LogP contribution < -0.4 is 5.32 Å². The standard InChI is InChI=1S/C15H12Br2ClNO2/c1-21-8-11-12(17)3-2-4-14(11)19-15(20)10-7-9(16)5-6-13(10)18/h2-7H,8H2,1H3,(H,19,20). The third kappa shape index (κ3) is 4.07. The summed E-state index contributed by atoms with van der Waals surface area (Å²) in [4.78, 5) is 12.4. The zero-order chi connectivity index (χ0) is 15.4. The average Bonchev–Trinajstić information content (AvgIpc) is 2.45. The summed E-state index contributed by atoms with van der Waals surface area (Å²) in [6.07, 6.45) is 0. The maximum Gasteiger partial charge on any atom is 0.257 e. The van der Waals surface area contributed by atoms with E-state index in [1.165, 1.54) is 0 Å². The molecule has 3 nitrogen and oxygen atoms in total. The maximum atomic E-state index is 12.4. The molecule has 2 aromatic carbocycles.